The van der Waals surface area contributed by atoms with Crippen molar-refractivity contribution in [3.63, 3.8) is 0 Å². The molecule has 16 heavy (non-hydrogen) atoms. The molecule has 2 bridgehead atoms. The van der Waals surface area contributed by atoms with Crippen LogP contribution >= 0.6 is 0 Å². The molecule has 0 spiro atoms. The van der Waals surface area contributed by atoms with Gasteiger partial charge in [0.2, 0.25) is 5.91 Å². The number of piperidine rings is 1. The smallest absolute Gasteiger partial charge is 0.233 e. The third-order valence-electron chi connectivity index (χ3n) is 3.55. The molecule has 1 saturated heterocycles. The lowest BCUT2D eigenvalue weighted by atomic mass is 10.1. The minimum Gasteiger partial charge on any atom is -0.334 e. The number of rotatable bonds is 2. The first-order chi connectivity index (χ1) is 7.75. The van der Waals surface area contributed by atoms with Gasteiger partial charge in [-0.3, -0.25) is 9.59 Å². The van der Waals surface area contributed by atoms with E-state index in [0.29, 0.717) is 13.0 Å². The van der Waals surface area contributed by atoms with Gasteiger partial charge < -0.3 is 4.90 Å². The Hall–Kier alpha value is -1.64. The number of ketones is 1. The van der Waals surface area contributed by atoms with Gasteiger partial charge in [-0.2, -0.15) is 0 Å². The van der Waals surface area contributed by atoms with E-state index in [1.54, 1.807) is 0 Å². The van der Waals surface area contributed by atoms with Gasteiger partial charge in [-0.15, -0.1) is 0 Å². The summed E-state index contributed by atoms with van der Waals surface area (Å²) in [5, 5.41) is 0. The highest BCUT2D eigenvalue weighted by molar-refractivity contribution is 6.06. The zero-order chi connectivity index (χ0) is 11.1. The highest BCUT2D eigenvalue weighted by Crippen LogP contribution is 2.36. The number of fused-ring (bicyclic) bond motifs is 2. The second kappa shape index (κ2) is 3.44. The van der Waals surface area contributed by atoms with Gasteiger partial charge in [-0.1, -0.05) is 30.3 Å². The number of carbonyl (C=O) groups excluding carboxylic acids is 2. The van der Waals surface area contributed by atoms with E-state index in [-0.39, 0.29) is 23.7 Å². The van der Waals surface area contributed by atoms with Gasteiger partial charge in [0.1, 0.15) is 5.78 Å². The average Bonchev–Trinajstić information content (AvgIpc) is 2.80. The summed E-state index contributed by atoms with van der Waals surface area (Å²) in [6, 6.07) is 10.1. The fourth-order valence-corrected chi connectivity index (χ4v) is 2.70. The molecule has 3 rings (SSSR count). The lowest BCUT2D eigenvalue weighted by Gasteiger charge is -2.26. The van der Waals surface area contributed by atoms with Crippen molar-refractivity contribution in [3.05, 3.63) is 35.9 Å². The second-order valence-electron chi connectivity index (χ2n) is 4.56. The first kappa shape index (κ1) is 9.58. The van der Waals surface area contributed by atoms with Crippen LogP contribution in [0.2, 0.25) is 0 Å². The quantitative estimate of drug-likeness (QED) is 0.699. The van der Waals surface area contributed by atoms with Crippen molar-refractivity contribution in [3.8, 4) is 0 Å². The summed E-state index contributed by atoms with van der Waals surface area (Å²) in [6.07, 6.45) is 1.30. The summed E-state index contributed by atoms with van der Waals surface area (Å²) >= 11 is 0. The number of hydrogen-bond acceptors (Lipinski definition) is 2. The summed E-state index contributed by atoms with van der Waals surface area (Å²) in [5.41, 5.74) is 1.14. The SMILES string of the molecule is O=C1CC2CC1C(=O)N2Cc1ccccc1. The number of amides is 1. The summed E-state index contributed by atoms with van der Waals surface area (Å²) in [6.45, 7) is 0.647. The first-order valence-corrected chi connectivity index (χ1v) is 5.63. The summed E-state index contributed by atoms with van der Waals surface area (Å²) < 4.78 is 0. The summed E-state index contributed by atoms with van der Waals surface area (Å²) in [5.74, 6) is -0.155. The first-order valence-electron chi connectivity index (χ1n) is 5.63. The standard InChI is InChI=1S/C13H13NO2/c15-12-7-10-6-11(12)13(16)14(10)8-9-4-2-1-3-5-9/h1-5,10-11H,6-8H2. The molecule has 1 saturated carbocycles. The van der Waals surface area contributed by atoms with Gasteiger partial charge in [0.05, 0.1) is 5.92 Å². The molecule has 1 aromatic carbocycles. The van der Waals surface area contributed by atoms with Crippen LogP contribution in [0, 0.1) is 5.92 Å². The Morgan fingerprint density at radius 1 is 1.19 bits per heavy atom. The fourth-order valence-electron chi connectivity index (χ4n) is 2.70. The predicted molar refractivity (Wildman–Crippen MR) is 58.5 cm³/mol. The van der Waals surface area contributed by atoms with E-state index in [1.807, 2.05) is 35.2 Å². The Morgan fingerprint density at radius 3 is 2.56 bits per heavy atom. The van der Waals surface area contributed by atoms with Crippen molar-refractivity contribution in [2.75, 3.05) is 0 Å². The fraction of sp³-hybridized carbons (Fsp3) is 0.385. The molecule has 1 aliphatic carbocycles. The van der Waals surface area contributed by atoms with Crippen molar-refractivity contribution in [1.82, 2.24) is 4.90 Å². The maximum absolute atomic E-state index is 11.9. The number of hydrogen-bond donors (Lipinski definition) is 0. The third kappa shape index (κ3) is 1.35. The number of benzene rings is 1. The third-order valence-corrected chi connectivity index (χ3v) is 3.55. The van der Waals surface area contributed by atoms with E-state index in [0.717, 1.165) is 12.0 Å². The number of nitrogens with zero attached hydrogens (tertiary/aromatic N) is 1. The number of Topliss-reactive ketones (excluding diaryl/α,β-unsaturated/α-hetero) is 1. The van der Waals surface area contributed by atoms with Crippen molar-refractivity contribution in [2.24, 2.45) is 5.92 Å². The Balaban J connectivity index is 1.79. The van der Waals surface area contributed by atoms with Crippen molar-refractivity contribution >= 4 is 11.7 Å². The van der Waals surface area contributed by atoms with Gasteiger partial charge in [-0.05, 0) is 12.0 Å². The topological polar surface area (TPSA) is 37.4 Å². The van der Waals surface area contributed by atoms with Crippen LogP contribution in [-0.4, -0.2) is 22.6 Å². The minimum atomic E-state index is -0.325. The molecule has 2 aliphatic rings. The lowest BCUT2D eigenvalue weighted by Crippen LogP contribution is -2.39. The molecule has 3 nitrogen and oxygen atoms in total. The Kier molecular flexibility index (Phi) is 2.06. The zero-order valence-corrected chi connectivity index (χ0v) is 8.93. The van der Waals surface area contributed by atoms with Crippen LogP contribution < -0.4 is 0 Å². The second-order valence-corrected chi connectivity index (χ2v) is 4.56. The van der Waals surface area contributed by atoms with E-state index in [4.69, 9.17) is 0 Å². The Labute approximate surface area is 94.1 Å². The molecular formula is C13H13NO2. The van der Waals surface area contributed by atoms with Crippen molar-refractivity contribution < 1.29 is 9.59 Å². The molecule has 1 aliphatic heterocycles. The van der Waals surface area contributed by atoms with Crippen LogP contribution in [0.3, 0.4) is 0 Å². The molecule has 0 radical (unpaired) electrons. The molecular weight excluding hydrogens is 202 g/mol. The van der Waals surface area contributed by atoms with E-state index in [1.165, 1.54) is 0 Å². The normalized spacial score (nSPS) is 27.9. The van der Waals surface area contributed by atoms with Crippen LogP contribution in [0.15, 0.2) is 30.3 Å². The number of likely N-dealkylation sites (tertiary alicyclic amines) is 1. The van der Waals surface area contributed by atoms with Gasteiger partial charge in [0, 0.05) is 19.0 Å². The maximum atomic E-state index is 11.9. The summed E-state index contributed by atoms with van der Waals surface area (Å²) in [7, 11) is 0. The van der Waals surface area contributed by atoms with Crippen molar-refractivity contribution in [1.29, 1.82) is 0 Å². The molecule has 2 unspecified atom stereocenters. The van der Waals surface area contributed by atoms with Crippen LogP contribution in [0.5, 0.6) is 0 Å². The highest BCUT2D eigenvalue weighted by Gasteiger charge is 2.49. The highest BCUT2D eigenvalue weighted by atomic mass is 16.2. The zero-order valence-electron chi connectivity index (χ0n) is 8.93. The van der Waals surface area contributed by atoms with Gasteiger partial charge >= 0.3 is 0 Å². The molecule has 82 valence electrons. The molecule has 1 aromatic rings. The van der Waals surface area contributed by atoms with Gasteiger partial charge in [-0.25, -0.2) is 0 Å². The van der Waals surface area contributed by atoms with Crippen LogP contribution in [-0.2, 0) is 16.1 Å². The molecule has 2 atom stereocenters. The minimum absolute atomic E-state index is 0.0325. The van der Waals surface area contributed by atoms with E-state index < -0.39 is 0 Å². The molecule has 2 fully saturated rings. The molecule has 1 amide bonds. The monoisotopic (exact) mass is 215 g/mol. The van der Waals surface area contributed by atoms with Crippen LogP contribution in [0.1, 0.15) is 18.4 Å². The van der Waals surface area contributed by atoms with E-state index in [9.17, 15) is 9.59 Å². The van der Waals surface area contributed by atoms with E-state index in [2.05, 4.69) is 0 Å². The van der Waals surface area contributed by atoms with Crippen molar-refractivity contribution in [2.45, 2.75) is 25.4 Å². The molecule has 0 aromatic heterocycles. The Bertz CT molecular complexity index is 441. The predicted octanol–water partition coefficient (Wildman–Crippen LogP) is 1.38. The Morgan fingerprint density at radius 2 is 1.94 bits per heavy atom. The number of carbonyl (C=O) groups is 2. The average molecular weight is 215 g/mol. The van der Waals surface area contributed by atoms with Crippen LogP contribution in [0.25, 0.3) is 0 Å². The largest absolute Gasteiger partial charge is 0.334 e. The van der Waals surface area contributed by atoms with Crippen LogP contribution in [0.4, 0.5) is 0 Å². The van der Waals surface area contributed by atoms with E-state index >= 15 is 0 Å². The molecule has 1 heterocycles. The molecule has 3 heteroatoms. The lowest BCUT2D eigenvalue weighted by molar-refractivity contribution is -0.141. The van der Waals surface area contributed by atoms with Gasteiger partial charge in [0.15, 0.2) is 0 Å². The van der Waals surface area contributed by atoms with Gasteiger partial charge in [0.25, 0.3) is 0 Å². The molecule has 0 N–H and O–H groups in total. The maximum Gasteiger partial charge on any atom is 0.233 e. The summed E-state index contributed by atoms with van der Waals surface area (Å²) in [4.78, 5) is 25.1.